The van der Waals surface area contributed by atoms with Crippen LogP contribution >= 0.6 is 0 Å². The SMILES string of the molecule is CC(C)Oc1cccc(C(=O)C2CCC(F)(F)C2)c1. The fourth-order valence-electron chi connectivity index (χ4n) is 2.40. The van der Waals surface area contributed by atoms with Gasteiger partial charge in [0, 0.05) is 24.3 Å². The molecule has 1 saturated carbocycles. The number of alkyl halides is 2. The van der Waals surface area contributed by atoms with Crippen LogP contribution < -0.4 is 4.74 Å². The largest absolute Gasteiger partial charge is 0.491 e. The fourth-order valence-corrected chi connectivity index (χ4v) is 2.40. The minimum absolute atomic E-state index is 0.0150. The molecule has 0 saturated heterocycles. The highest BCUT2D eigenvalue weighted by Crippen LogP contribution is 2.40. The van der Waals surface area contributed by atoms with E-state index in [-0.39, 0.29) is 31.1 Å². The number of hydrogen-bond donors (Lipinski definition) is 0. The van der Waals surface area contributed by atoms with Gasteiger partial charge in [0.25, 0.3) is 0 Å². The maximum Gasteiger partial charge on any atom is 0.248 e. The maximum atomic E-state index is 13.1. The van der Waals surface area contributed by atoms with Gasteiger partial charge in [-0.05, 0) is 32.4 Å². The van der Waals surface area contributed by atoms with E-state index in [1.165, 1.54) is 0 Å². The summed E-state index contributed by atoms with van der Waals surface area (Å²) in [5.74, 6) is -2.85. The number of ketones is 1. The lowest BCUT2D eigenvalue weighted by Crippen LogP contribution is -2.16. The molecule has 0 spiro atoms. The Labute approximate surface area is 111 Å². The molecule has 2 rings (SSSR count). The molecule has 1 aliphatic carbocycles. The summed E-state index contributed by atoms with van der Waals surface area (Å²) >= 11 is 0. The van der Waals surface area contributed by atoms with E-state index in [0.29, 0.717) is 11.3 Å². The van der Waals surface area contributed by atoms with Gasteiger partial charge in [0.05, 0.1) is 6.10 Å². The third-order valence-electron chi connectivity index (χ3n) is 3.26. The Morgan fingerprint density at radius 1 is 1.42 bits per heavy atom. The third-order valence-corrected chi connectivity index (χ3v) is 3.26. The van der Waals surface area contributed by atoms with Crippen LogP contribution in [0.3, 0.4) is 0 Å². The van der Waals surface area contributed by atoms with Crippen LogP contribution in [-0.2, 0) is 0 Å². The minimum atomic E-state index is -2.69. The second-order valence-electron chi connectivity index (χ2n) is 5.35. The Kier molecular flexibility index (Phi) is 3.88. The van der Waals surface area contributed by atoms with Crippen molar-refractivity contribution in [2.75, 3.05) is 0 Å². The number of rotatable bonds is 4. The molecule has 0 radical (unpaired) electrons. The fraction of sp³-hybridized carbons (Fsp3) is 0.533. The van der Waals surface area contributed by atoms with Gasteiger partial charge in [-0.15, -0.1) is 0 Å². The van der Waals surface area contributed by atoms with Crippen LogP contribution in [0.4, 0.5) is 8.78 Å². The summed E-state index contributed by atoms with van der Waals surface area (Å²) in [6, 6.07) is 6.78. The summed E-state index contributed by atoms with van der Waals surface area (Å²) in [5.41, 5.74) is 0.459. The minimum Gasteiger partial charge on any atom is -0.491 e. The first-order valence-corrected chi connectivity index (χ1v) is 6.56. The highest BCUT2D eigenvalue weighted by Gasteiger charge is 2.42. The van der Waals surface area contributed by atoms with E-state index in [0.717, 1.165) is 0 Å². The Hall–Kier alpha value is -1.45. The Bertz CT molecular complexity index is 469. The van der Waals surface area contributed by atoms with E-state index < -0.39 is 11.8 Å². The molecular formula is C15H18F2O2. The second kappa shape index (κ2) is 5.27. The monoisotopic (exact) mass is 268 g/mol. The van der Waals surface area contributed by atoms with Crippen molar-refractivity contribution in [2.24, 2.45) is 5.92 Å². The zero-order valence-electron chi connectivity index (χ0n) is 11.2. The summed E-state index contributed by atoms with van der Waals surface area (Å²) in [6.45, 7) is 3.79. The van der Waals surface area contributed by atoms with Crippen molar-refractivity contribution < 1.29 is 18.3 Å². The number of hydrogen-bond acceptors (Lipinski definition) is 2. The van der Waals surface area contributed by atoms with Crippen LogP contribution in [0.15, 0.2) is 24.3 Å². The second-order valence-corrected chi connectivity index (χ2v) is 5.35. The van der Waals surface area contributed by atoms with E-state index in [4.69, 9.17) is 4.74 Å². The Morgan fingerprint density at radius 2 is 2.16 bits per heavy atom. The Balaban J connectivity index is 2.11. The van der Waals surface area contributed by atoms with Crippen molar-refractivity contribution in [3.8, 4) is 5.75 Å². The smallest absolute Gasteiger partial charge is 0.248 e. The van der Waals surface area contributed by atoms with E-state index in [2.05, 4.69) is 0 Å². The van der Waals surface area contributed by atoms with Crippen molar-refractivity contribution in [2.45, 2.75) is 45.1 Å². The molecular weight excluding hydrogens is 250 g/mol. The number of Topliss-reactive ketones (excluding diaryl/α,β-unsaturated/α-hetero) is 1. The molecule has 1 aromatic rings. The molecule has 19 heavy (non-hydrogen) atoms. The van der Waals surface area contributed by atoms with Gasteiger partial charge in [-0.25, -0.2) is 8.78 Å². The van der Waals surface area contributed by atoms with Crippen molar-refractivity contribution in [1.82, 2.24) is 0 Å². The standard InChI is InChI=1S/C15H18F2O2/c1-10(2)19-13-5-3-4-11(8-13)14(18)12-6-7-15(16,17)9-12/h3-5,8,10,12H,6-7,9H2,1-2H3. The number of halogens is 2. The first kappa shape index (κ1) is 14.0. The predicted molar refractivity (Wildman–Crippen MR) is 68.8 cm³/mol. The molecule has 0 aromatic heterocycles. The van der Waals surface area contributed by atoms with Crippen LogP contribution in [-0.4, -0.2) is 17.8 Å². The summed E-state index contributed by atoms with van der Waals surface area (Å²) in [6.07, 6.45) is -0.241. The highest BCUT2D eigenvalue weighted by molar-refractivity contribution is 5.98. The summed E-state index contributed by atoms with van der Waals surface area (Å²) < 4.78 is 31.8. The number of carbonyl (C=O) groups is 1. The summed E-state index contributed by atoms with van der Waals surface area (Å²) in [7, 11) is 0. The van der Waals surface area contributed by atoms with E-state index in [9.17, 15) is 13.6 Å². The molecule has 0 bridgehead atoms. The molecule has 1 atom stereocenters. The van der Waals surface area contributed by atoms with Crippen LogP contribution in [0.1, 0.15) is 43.5 Å². The van der Waals surface area contributed by atoms with E-state index in [1.54, 1.807) is 24.3 Å². The first-order chi connectivity index (χ1) is 8.87. The van der Waals surface area contributed by atoms with Crippen LogP contribution in [0.2, 0.25) is 0 Å². The molecule has 0 aliphatic heterocycles. The summed E-state index contributed by atoms with van der Waals surface area (Å²) in [4.78, 5) is 12.2. The average molecular weight is 268 g/mol. The lowest BCUT2D eigenvalue weighted by Gasteiger charge is -2.13. The van der Waals surface area contributed by atoms with Crippen molar-refractivity contribution in [1.29, 1.82) is 0 Å². The quantitative estimate of drug-likeness (QED) is 0.769. The molecule has 2 nitrogen and oxygen atoms in total. The predicted octanol–water partition coefficient (Wildman–Crippen LogP) is 4.09. The van der Waals surface area contributed by atoms with Gasteiger partial charge in [-0.2, -0.15) is 0 Å². The van der Waals surface area contributed by atoms with Gasteiger partial charge in [0.2, 0.25) is 5.92 Å². The first-order valence-electron chi connectivity index (χ1n) is 6.56. The van der Waals surface area contributed by atoms with Gasteiger partial charge in [-0.3, -0.25) is 4.79 Å². The van der Waals surface area contributed by atoms with Gasteiger partial charge >= 0.3 is 0 Å². The number of carbonyl (C=O) groups excluding carboxylic acids is 1. The van der Waals surface area contributed by atoms with Crippen LogP contribution in [0.25, 0.3) is 0 Å². The topological polar surface area (TPSA) is 26.3 Å². The zero-order chi connectivity index (χ0) is 14.0. The highest BCUT2D eigenvalue weighted by atomic mass is 19.3. The molecule has 104 valence electrons. The van der Waals surface area contributed by atoms with Gasteiger partial charge in [-0.1, -0.05) is 12.1 Å². The third kappa shape index (κ3) is 3.52. The molecule has 1 aliphatic rings. The normalized spacial score (nSPS) is 21.6. The van der Waals surface area contributed by atoms with Gasteiger partial charge in [0.15, 0.2) is 5.78 Å². The van der Waals surface area contributed by atoms with E-state index >= 15 is 0 Å². The van der Waals surface area contributed by atoms with Crippen LogP contribution in [0.5, 0.6) is 5.75 Å². The van der Waals surface area contributed by atoms with Crippen molar-refractivity contribution in [3.05, 3.63) is 29.8 Å². The van der Waals surface area contributed by atoms with Gasteiger partial charge < -0.3 is 4.74 Å². The zero-order valence-corrected chi connectivity index (χ0v) is 11.2. The number of benzene rings is 1. The average Bonchev–Trinajstić information content (AvgIpc) is 2.68. The summed E-state index contributed by atoms with van der Waals surface area (Å²) in [5, 5.41) is 0. The maximum absolute atomic E-state index is 13.1. The molecule has 1 aromatic carbocycles. The van der Waals surface area contributed by atoms with Gasteiger partial charge in [0.1, 0.15) is 5.75 Å². The van der Waals surface area contributed by atoms with Crippen molar-refractivity contribution in [3.63, 3.8) is 0 Å². The van der Waals surface area contributed by atoms with E-state index in [1.807, 2.05) is 13.8 Å². The Morgan fingerprint density at radius 3 is 2.74 bits per heavy atom. The molecule has 1 fully saturated rings. The lowest BCUT2D eigenvalue weighted by molar-refractivity contribution is 0.00530. The van der Waals surface area contributed by atoms with Crippen LogP contribution in [0, 0.1) is 5.92 Å². The molecule has 4 heteroatoms. The molecule has 0 heterocycles. The molecule has 1 unspecified atom stereocenters. The molecule has 0 amide bonds. The molecule has 0 N–H and O–H groups in total. The van der Waals surface area contributed by atoms with Crippen molar-refractivity contribution >= 4 is 5.78 Å². The number of ether oxygens (including phenoxy) is 1. The lowest BCUT2D eigenvalue weighted by atomic mass is 9.96.